The average Bonchev–Trinajstić information content (AvgIpc) is 2.60. The summed E-state index contributed by atoms with van der Waals surface area (Å²) in [5, 5.41) is 5.01. The molecule has 2 amide bonds. The summed E-state index contributed by atoms with van der Waals surface area (Å²) >= 11 is 0. The van der Waals surface area contributed by atoms with Crippen molar-refractivity contribution in [2.24, 2.45) is 11.7 Å². The number of carbonyl (C=O) groups is 2. The molecule has 0 radical (unpaired) electrons. The first-order chi connectivity index (χ1) is 6.65. The Hall–Kier alpha value is -1.10. The Bertz CT molecular complexity index is 230. The van der Waals surface area contributed by atoms with E-state index in [9.17, 15) is 9.59 Å². The zero-order valence-corrected chi connectivity index (χ0v) is 8.38. The van der Waals surface area contributed by atoms with E-state index in [1.807, 2.05) is 0 Å². The zero-order chi connectivity index (χ0) is 10.6. The average molecular weight is 199 g/mol. The molecule has 5 nitrogen and oxygen atoms in total. The number of carbonyl (C=O) groups excluding carboxylic acids is 2. The summed E-state index contributed by atoms with van der Waals surface area (Å²) in [6.07, 6.45) is 2.73. The van der Waals surface area contributed by atoms with Crippen LogP contribution in [0.1, 0.15) is 19.3 Å². The van der Waals surface area contributed by atoms with E-state index in [-0.39, 0.29) is 30.3 Å². The minimum atomic E-state index is -0.190. The third kappa shape index (κ3) is 2.70. The van der Waals surface area contributed by atoms with Crippen LogP contribution in [0.3, 0.4) is 0 Å². The van der Waals surface area contributed by atoms with E-state index in [1.165, 1.54) is 7.05 Å². The van der Waals surface area contributed by atoms with Crippen molar-refractivity contribution >= 4 is 11.8 Å². The van der Waals surface area contributed by atoms with Gasteiger partial charge in [0.2, 0.25) is 11.8 Å². The first kappa shape index (κ1) is 11.0. The van der Waals surface area contributed by atoms with Gasteiger partial charge in [-0.3, -0.25) is 9.59 Å². The van der Waals surface area contributed by atoms with Gasteiger partial charge in [0, 0.05) is 13.1 Å². The Kier molecular flexibility index (Phi) is 3.88. The van der Waals surface area contributed by atoms with Gasteiger partial charge in [0.25, 0.3) is 0 Å². The quantitative estimate of drug-likeness (QED) is 0.543. The molecule has 1 aliphatic rings. The normalized spacial score (nSPS) is 25.9. The van der Waals surface area contributed by atoms with Gasteiger partial charge in [0.1, 0.15) is 0 Å². The first-order valence-electron chi connectivity index (χ1n) is 4.89. The molecule has 0 spiro atoms. The molecule has 0 saturated heterocycles. The minimum absolute atomic E-state index is 0.0402. The Balaban J connectivity index is 2.31. The molecular formula is C9H17N3O2. The molecule has 2 unspecified atom stereocenters. The standard InChI is InChI=1S/C9H17N3O2/c1-11-8(13)5-12-9(14)6-3-2-4-7(6)10/h6-7H,2-5,10H2,1H3,(H,11,13)(H,12,14). The summed E-state index contributed by atoms with van der Waals surface area (Å²) in [4.78, 5) is 22.4. The lowest BCUT2D eigenvalue weighted by Crippen LogP contribution is -2.42. The fourth-order valence-corrected chi connectivity index (χ4v) is 1.70. The van der Waals surface area contributed by atoms with Gasteiger partial charge >= 0.3 is 0 Å². The van der Waals surface area contributed by atoms with Crippen LogP contribution in [-0.2, 0) is 9.59 Å². The van der Waals surface area contributed by atoms with Crippen molar-refractivity contribution in [3.8, 4) is 0 Å². The summed E-state index contributed by atoms with van der Waals surface area (Å²) in [6, 6.07) is -0.0420. The predicted octanol–water partition coefficient (Wildman–Crippen LogP) is -1.02. The number of nitrogens with one attached hydrogen (secondary N) is 2. The Morgan fingerprint density at radius 2 is 2.14 bits per heavy atom. The van der Waals surface area contributed by atoms with Crippen LogP contribution < -0.4 is 16.4 Å². The molecule has 0 aromatic heterocycles. The summed E-state index contributed by atoms with van der Waals surface area (Å²) in [6.45, 7) is 0.0402. The van der Waals surface area contributed by atoms with E-state index >= 15 is 0 Å². The van der Waals surface area contributed by atoms with E-state index in [0.29, 0.717) is 0 Å². The molecule has 4 N–H and O–H groups in total. The summed E-state index contributed by atoms with van der Waals surface area (Å²) in [7, 11) is 1.54. The van der Waals surface area contributed by atoms with Gasteiger partial charge in [-0.2, -0.15) is 0 Å². The van der Waals surface area contributed by atoms with Crippen LogP contribution in [0.4, 0.5) is 0 Å². The molecule has 1 aliphatic carbocycles. The van der Waals surface area contributed by atoms with E-state index < -0.39 is 0 Å². The molecule has 0 bridgehead atoms. The maximum atomic E-state index is 11.5. The number of rotatable bonds is 3. The maximum absolute atomic E-state index is 11.5. The molecule has 5 heteroatoms. The monoisotopic (exact) mass is 199 g/mol. The van der Waals surface area contributed by atoms with Gasteiger partial charge in [0.15, 0.2) is 0 Å². The molecule has 0 aromatic carbocycles. The van der Waals surface area contributed by atoms with Crippen molar-refractivity contribution in [1.82, 2.24) is 10.6 Å². The maximum Gasteiger partial charge on any atom is 0.239 e. The second-order valence-electron chi connectivity index (χ2n) is 3.59. The molecule has 80 valence electrons. The Morgan fingerprint density at radius 3 is 2.64 bits per heavy atom. The van der Waals surface area contributed by atoms with E-state index in [4.69, 9.17) is 5.73 Å². The van der Waals surface area contributed by atoms with Gasteiger partial charge in [0.05, 0.1) is 12.5 Å². The highest BCUT2D eigenvalue weighted by atomic mass is 16.2. The number of amides is 2. The molecule has 1 saturated carbocycles. The molecule has 0 heterocycles. The fraction of sp³-hybridized carbons (Fsp3) is 0.778. The van der Waals surface area contributed by atoms with Crippen LogP contribution in [0.5, 0.6) is 0 Å². The summed E-state index contributed by atoms with van der Waals surface area (Å²) in [5.74, 6) is -0.400. The van der Waals surface area contributed by atoms with Gasteiger partial charge < -0.3 is 16.4 Å². The van der Waals surface area contributed by atoms with E-state index in [1.54, 1.807) is 0 Å². The highest BCUT2D eigenvalue weighted by Crippen LogP contribution is 2.23. The van der Waals surface area contributed by atoms with Crippen LogP contribution in [0, 0.1) is 5.92 Å². The first-order valence-corrected chi connectivity index (χ1v) is 4.89. The summed E-state index contributed by atoms with van der Waals surface area (Å²) < 4.78 is 0. The summed E-state index contributed by atoms with van der Waals surface area (Å²) in [5.41, 5.74) is 5.76. The van der Waals surface area contributed by atoms with Crippen molar-refractivity contribution in [2.75, 3.05) is 13.6 Å². The van der Waals surface area contributed by atoms with Gasteiger partial charge in [-0.1, -0.05) is 6.42 Å². The minimum Gasteiger partial charge on any atom is -0.358 e. The highest BCUT2D eigenvalue weighted by molar-refractivity contribution is 5.86. The predicted molar refractivity (Wildman–Crippen MR) is 52.4 cm³/mol. The van der Waals surface area contributed by atoms with Crippen molar-refractivity contribution in [1.29, 1.82) is 0 Å². The van der Waals surface area contributed by atoms with Crippen LogP contribution in [0.25, 0.3) is 0 Å². The van der Waals surface area contributed by atoms with Gasteiger partial charge in [-0.05, 0) is 12.8 Å². The SMILES string of the molecule is CNC(=O)CNC(=O)C1CCCC1N. The highest BCUT2D eigenvalue weighted by Gasteiger charge is 2.30. The van der Waals surface area contributed by atoms with Crippen LogP contribution in [0.2, 0.25) is 0 Å². The van der Waals surface area contributed by atoms with Gasteiger partial charge in [-0.25, -0.2) is 0 Å². The van der Waals surface area contributed by atoms with E-state index in [2.05, 4.69) is 10.6 Å². The molecule has 1 fully saturated rings. The fourth-order valence-electron chi connectivity index (χ4n) is 1.70. The second kappa shape index (κ2) is 4.95. The Morgan fingerprint density at radius 1 is 1.43 bits per heavy atom. The third-order valence-electron chi connectivity index (χ3n) is 2.61. The Labute approximate surface area is 83.4 Å². The number of hydrogen-bond donors (Lipinski definition) is 3. The van der Waals surface area contributed by atoms with Crippen molar-refractivity contribution < 1.29 is 9.59 Å². The lowest BCUT2D eigenvalue weighted by atomic mass is 10.0. The third-order valence-corrected chi connectivity index (χ3v) is 2.61. The van der Waals surface area contributed by atoms with Crippen molar-refractivity contribution in [3.05, 3.63) is 0 Å². The van der Waals surface area contributed by atoms with Gasteiger partial charge in [-0.15, -0.1) is 0 Å². The molecule has 1 rings (SSSR count). The molecule has 0 aliphatic heterocycles. The zero-order valence-electron chi connectivity index (χ0n) is 8.38. The van der Waals surface area contributed by atoms with Crippen LogP contribution in [0.15, 0.2) is 0 Å². The smallest absolute Gasteiger partial charge is 0.239 e. The lowest BCUT2D eigenvalue weighted by Gasteiger charge is -2.14. The molecular weight excluding hydrogens is 182 g/mol. The second-order valence-corrected chi connectivity index (χ2v) is 3.59. The number of nitrogens with two attached hydrogens (primary N) is 1. The molecule has 0 aromatic rings. The van der Waals surface area contributed by atoms with Crippen LogP contribution >= 0.6 is 0 Å². The van der Waals surface area contributed by atoms with Crippen LogP contribution in [-0.4, -0.2) is 31.4 Å². The lowest BCUT2D eigenvalue weighted by molar-refractivity contribution is -0.128. The topological polar surface area (TPSA) is 84.2 Å². The largest absolute Gasteiger partial charge is 0.358 e. The molecule has 2 atom stereocenters. The number of likely N-dealkylation sites (N-methyl/N-ethyl adjacent to an activating group) is 1. The number of hydrogen-bond acceptors (Lipinski definition) is 3. The molecule has 14 heavy (non-hydrogen) atoms. The van der Waals surface area contributed by atoms with E-state index in [0.717, 1.165) is 19.3 Å². The van der Waals surface area contributed by atoms with Crippen molar-refractivity contribution in [2.45, 2.75) is 25.3 Å². The van der Waals surface area contributed by atoms with Crippen molar-refractivity contribution in [3.63, 3.8) is 0 Å².